The Bertz CT molecular complexity index is 950. The smallest absolute Gasteiger partial charge is 0.271 e. The molecule has 0 aliphatic heterocycles. The second-order valence-electron chi connectivity index (χ2n) is 5.58. The normalized spacial score (nSPS) is 11.3. The second-order valence-corrected chi connectivity index (χ2v) is 9.20. The van der Waals surface area contributed by atoms with Crippen LogP contribution in [0.3, 0.4) is 0 Å². The summed E-state index contributed by atoms with van der Waals surface area (Å²) in [6.45, 7) is 2.76. The van der Waals surface area contributed by atoms with E-state index in [2.05, 4.69) is 41.2 Å². The standard InChI is InChI=1S/C18H17ClN2O2S2/c1-13-2-4-14(5-3-13)12-20-15-6-8-16(9-7-15)21-25(22,23)18-11-10-17(19)24-18/h2-11,20-21H,12H2,1H3. The van der Waals surface area contributed by atoms with Gasteiger partial charge in [0.05, 0.1) is 4.34 Å². The first kappa shape index (κ1) is 17.8. The summed E-state index contributed by atoms with van der Waals surface area (Å²) >= 11 is 6.83. The topological polar surface area (TPSA) is 58.2 Å². The summed E-state index contributed by atoms with van der Waals surface area (Å²) in [4.78, 5) is 0. The molecule has 130 valence electrons. The Balaban J connectivity index is 1.63. The number of nitrogens with one attached hydrogen (secondary N) is 2. The maximum absolute atomic E-state index is 12.3. The average Bonchev–Trinajstić information content (AvgIpc) is 3.03. The van der Waals surface area contributed by atoms with Gasteiger partial charge in [-0.3, -0.25) is 4.72 Å². The van der Waals surface area contributed by atoms with Gasteiger partial charge in [0.25, 0.3) is 10.0 Å². The van der Waals surface area contributed by atoms with Crippen LogP contribution in [0.4, 0.5) is 11.4 Å². The summed E-state index contributed by atoms with van der Waals surface area (Å²) in [6.07, 6.45) is 0. The number of hydrogen-bond acceptors (Lipinski definition) is 4. The average molecular weight is 393 g/mol. The first-order chi connectivity index (χ1) is 11.9. The summed E-state index contributed by atoms with van der Waals surface area (Å²) < 4.78 is 27.7. The van der Waals surface area contributed by atoms with Gasteiger partial charge in [0, 0.05) is 17.9 Å². The molecule has 1 aromatic heterocycles. The van der Waals surface area contributed by atoms with E-state index in [9.17, 15) is 8.42 Å². The first-order valence-electron chi connectivity index (χ1n) is 7.60. The lowest BCUT2D eigenvalue weighted by Gasteiger charge is -2.09. The SMILES string of the molecule is Cc1ccc(CNc2ccc(NS(=O)(=O)c3ccc(Cl)s3)cc2)cc1. The van der Waals surface area contributed by atoms with Crippen molar-refractivity contribution in [2.75, 3.05) is 10.0 Å². The fourth-order valence-corrected chi connectivity index (χ4v) is 4.76. The lowest BCUT2D eigenvalue weighted by atomic mass is 10.1. The molecule has 0 atom stereocenters. The van der Waals surface area contributed by atoms with E-state index in [0.29, 0.717) is 16.6 Å². The lowest BCUT2D eigenvalue weighted by molar-refractivity contribution is 0.603. The molecule has 2 aromatic carbocycles. The van der Waals surface area contributed by atoms with Crippen LogP contribution in [0.2, 0.25) is 4.34 Å². The fraction of sp³-hybridized carbons (Fsp3) is 0.111. The van der Waals surface area contributed by atoms with Crippen molar-refractivity contribution in [1.29, 1.82) is 0 Å². The van der Waals surface area contributed by atoms with Crippen molar-refractivity contribution >= 4 is 44.3 Å². The third-order valence-corrected chi connectivity index (χ3v) is 6.67. The van der Waals surface area contributed by atoms with E-state index in [1.54, 1.807) is 18.2 Å². The van der Waals surface area contributed by atoms with Gasteiger partial charge in [0.15, 0.2) is 0 Å². The van der Waals surface area contributed by atoms with Crippen LogP contribution in [0.15, 0.2) is 64.9 Å². The highest BCUT2D eigenvalue weighted by molar-refractivity contribution is 7.94. The minimum Gasteiger partial charge on any atom is -0.381 e. The van der Waals surface area contributed by atoms with E-state index in [0.717, 1.165) is 17.0 Å². The van der Waals surface area contributed by atoms with E-state index < -0.39 is 10.0 Å². The number of hydrogen-bond donors (Lipinski definition) is 2. The van der Waals surface area contributed by atoms with Gasteiger partial charge in [-0.05, 0) is 48.9 Å². The molecule has 0 aliphatic carbocycles. The molecule has 0 unspecified atom stereocenters. The Kier molecular flexibility index (Phi) is 5.32. The molecule has 2 N–H and O–H groups in total. The van der Waals surface area contributed by atoms with Crippen LogP contribution >= 0.6 is 22.9 Å². The quantitative estimate of drug-likeness (QED) is 0.611. The molecule has 4 nitrogen and oxygen atoms in total. The van der Waals surface area contributed by atoms with Gasteiger partial charge in [-0.1, -0.05) is 41.4 Å². The number of benzene rings is 2. The van der Waals surface area contributed by atoms with Gasteiger partial charge in [0.2, 0.25) is 0 Å². The highest BCUT2D eigenvalue weighted by Crippen LogP contribution is 2.27. The zero-order valence-electron chi connectivity index (χ0n) is 13.5. The van der Waals surface area contributed by atoms with E-state index in [1.807, 2.05) is 12.1 Å². The number of rotatable bonds is 6. The van der Waals surface area contributed by atoms with Gasteiger partial charge in [-0.2, -0.15) is 0 Å². The number of thiophene rings is 1. The molecule has 0 aliphatic rings. The minimum absolute atomic E-state index is 0.194. The van der Waals surface area contributed by atoms with Crippen LogP contribution < -0.4 is 10.0 Å². The molecule has 0 saturated heterocycles. The van der Waals surface area contributed by atoms with Crippen molar-refractivity contribution in [3.05, 3.63) is 76.1 Å². The van der Waals surface area contributed by atoms with E-state index in [-0.39, 0.29) is 4.21 Å². The molecule has 0 amide bonds. The van der Waals surface area contributed by atoms with Crippen LogP contribution in [-0.2, 0) is 16.6 Å². The number of halogens is 1. The lowest BCUT2D eigenvalue weighted by Crippen LogP contribution is -2.11. The fourth-order valence-electron chi connectivity index (χ4n) is 2.21. The Labute approximate surface area is 156 Å². The van der Waals surface area contributed by atoms with Crippen LogP contribution in [0.25, 0.3) is 0 Å². The molecular weight excluding hydrogens is 376 g/mol. The van der Waals surface area contributed by atoms with Crippen LogP contribution in [-0.4, -0.2) is 8.42 Å². The number of sulfonamides is 1. The largest absolute Gasteiger partial charge is 0.381 e. The summed E-state index contributed by atoms with van der Waals surface area (Å²) in [5.74, 6) is 0. The Morgan fingerprint density at radius 2 is 1.56 bits per heavy atom. The molecule has 0 radical (unpaired) electrons. The molecule has 1 heterocycles. The summed E-state index contributed by atoms with van der Waals surface area (Å²) in [5.41, 5.74) is 3.84. The molecule has 0 fully saturated rings. The monoisotopic (exact) mass is 392 g/mol. The van der Waals surface area contributed by atoms with E-state index in [1.165, 1.54) is 17.2 Å². The molecule has 3 aromatic rings. The minimum atomic E-state index is -3.60. The molecule has 7 heteroatoms. The molecule has 0 saturated carbocycles. The van der Waals surface area contributed by atoms with Crippen molar-refractivity contribution in [1.82, 2.24) is 0 Å². The van der Waals surface area contributed by atoms with Gasteiger partial charge in [0.1, 0.15) is 4.21 Å². The molecular formula is C18H17ClN2O2S2. The highest BCUT2D eigenvalue weighted by atomic mass is 35.5. The summed E-state index contributed by atoms with van der Waals surface area (Å²) in [7, 11) is -3.60. The van der Waals surface area contributed by atoms with Crippen LogP contribution in [0.5, 0.6) is 0 Å². The zero-order valence-corrected chi connectivity index (χ0v) is 15.9. The Morgan fingerprint density at radius 3 is 2.16 bits per heavy atom. The van der Waals surface area contributed by atoms with E-state index in [4.69, 9.17) is 11.6 Å². The van der Waals surface area contributed by atoms with Crippen molar-refractivity contribution in [3.8, 4) is 0 Å². The summed E-state index contributed by atoms with van der Waals surface area (Å²) in [5, 5.41) is 3.31. The van der Waals surface area contributed by atoms with Gasteiger partial charge in [-0.15, -0.1) is 11.3 Å². The van der Waals surface area contributed by atoms with E-state index >= 15 is 0 Å². The second kappa shape index (κ2) is 7.47. The van der Waals surface area contributed by atoms with Gasteiger partial charge in [-0.25, -0.2) is 8.42 Å². The van der Waals surface area contributed by atoms with Crippen molar-refractivity contribution in [3.63, 3.8) is 0 Å². The predicted molar refractivity (Wildman–Crippen MR) is 105 cm³/mol. The van der Waals surface area contributed by atoms with Crippen molar-refractivity contribution < 1.29 is 8.42 Å². The first-order valence-corrected chi connectivity index (χ1v) is 10.3. The van der Waals surface area contributed by atoms with Gasteiger partial charge >= 0.3 is 0 Å². The molecule has 0 spiro atoms. The maximum Gasteiger partial charge on any atom is 0.271 e. The molecule has 0 bridgehead atoms. The number of aryl methyl sites for hydroxylation is 1. The summed E-state index contributed by atoms with van der Waals surface area (Å²) in [6, 6.07) is 18.5. The Hall–Kier alpha value is -2.02. The highest BCUT2D eigenvalue weighted by Gasteiger charge is 2.16. The van der Waals surface area contributed by atoms with Crippen molar-refractivity contribution in [2.45, 2.75) is 17.7 Å². The van der Waals surface area contributed by atoms with Crippen LogP contribution in [0, 0.1) is 6.92 Å². The third kappa shape index (κ3) is 4.75. The number of anilines is 2. The predicted octanol–water partition coefficient (Wildman–Crippen LogP) is 5.12. The maximum atomic E-state index is 12.3. The molecule has 25 heavy (non-hydrogen) atoms. The van der Waals surface area contributed by atoms with Gasteiger partial charge < -0.3 is 5.32 Å². The zero-order chi connectivity index (χ0) is 17.9. The molecule has 3 rings (SSSR count). The van der Waals surface area contributed by atoms with Crippen molar-refractivity contribution in [2.24, 2.45) is 0 Å². The van der Waals surface area contributed by atoms with Crippen LogP contribution in [0.1, 0.15) is 11.1 Å². The Morgan fingerprint density at radius 1 is 0.920 bits per heavy atom. The third-order valence-electron chi connectivity index (χ3n) is 3.57.